The fraction of sp³-hybridized carbons (Fsp3) is 0.478. The molecular weight excluding hydrogens is 339 g/mol. The van der Waals surface area contributed by atoms with E-state index in [1.807, 2.05) is 19.1 Å². The summed E-state index contributed by atoms with van der Waals surface area (Å²) in [6, 6.07) is 11.0. The van der Waals surface area contributed by atoms with Crippen molar-refractivity contribution in [3.05, 3.63) is 64.7 Å². The van der Waals surface area contributed by atoms with Gasteiger partial charge >= 0.3 is 0 Å². The molecule has 1 saturated heterocycles. The van der Waals surface area contributed by atoms with Gasteiger partial charge in [-0.1, -0.05) is 25.0 Å². The minimum Gasteiger partial charge on any atom is -0.334 e. The molecule has 1 amide bonds. The molecule has 1 aliphatic heterocycles. The van der Waals surface area contributed by atoms with Crippen LogP contribution in [0.25, 0.3) is 0 Å². The van der Waals surface area contributed by atoms with E-state index in [4.69, 9.17) is 4.98 Å². The summed E-state index contributed by atoms with van der Waals surface area (Å²) in [4.78, 5) is 19.8. The Morgan fingerprint density at radius 2 is 1.81 bits per heavy atom. The highest BCUT2D eigenvalue weighted by atomic mass is 19.1. The summed E-state index contributed by atoms with van der Waals surface area (Å²) in [5.74, 6) is 0.338. The number of carbonyl (C=O) groups excluding carboxylic acids is 1. The molecule has 0 N–H and O–H groups in total. The lowest BCUT2D eigenvalue weighted by molar-refractivity contribution is -0.136. The van der Waals surface area contributed by atoms with Crippen molar-refractivity contribution in [3.63, 3.8) is 0 Å². The Kier molecular flexibility index (Phi) is 5.24. The van der Waals surface area contributed by atoms with Gasteiger partial charge in [0.15, 0.2) is 0 Å². The van der Waals surface area contributed by atoms with E-state index in [9.17, 15) is 9.18 Å². The van der Waals surface area contributed by atoms with Gasteiger partial charge in [-0.05, 0) is 74.4 Å². The largest absolute Gasteiger partial charge is 0.334 e. The van der Waals surface area contributed by atoms with Gasteiger partial charge in [-0.15, -0.1) is 0 Å². The number of nitrogens with zero attached hydrogens (tertiary/aromatic N) is 2. The normalized spacial score (nSPS) is 20.4. The van der Waals surface area contributed by atoms with Crippen LogP contribution in [0.5, 0.6) is 0 Å². The summed E-state index contributed by atoms with van der Waals surface area (Å²) in [7, 11) is 0. The van der Waals surface area contributed by atoms with Crippen molar-refractivity contribution in [1.29, 1.82) is 0 Å². The van der Waals surface area contributed by atoms with E-state index < -0.39 is 0 Å². The molecule has 1 saturated carbocycles. The van der Waals surface area contributed by atoms with Crippen LogP contribution in [0, 0.1) is 18.7 Å². The van der Waals surface area contributed by atoms with Crippen LogP contribution < -0.4 is 0 Å². The van der Waals surface area contributed by atoms with Crippen molar-refractivity contribution in [1.82, 2.24) is 9.88 Å². The summed E-state index contributed by atoms with van der Waals surface area (Å²) < 4.78 is 13.2. The summed E-state index contributed by atoms with van der Waals surface area (Å²) in [6.45, 7) is 2.86. The number of aryl methyl sites for hydroxylation is 1. The van der Waals surface area contributed by atoms with Crippen molar-refractivity contribution in [3.8, 4) is 0 Å². The van der Waals surface area contributed by atoms with Crippen LogP contribution in [0.2, 0.25) is 0 Å². The SMILES string of the molecule is Cc1cc(Cc2ccc(F)cc2)cc([C@H]2CCCN2C(=O)C2CCCC2)n1. The quantitative estimate of drug-likeness (QED) is 0.765. The molecule has 1 aromatic carbocycles. The zero-order chi connectivity index (χ0) is 18.8. The fourth-order valence-electron chi connectivity index (χ4n) is 4.62. The standard InChI is InChI=1S/C23H27FN2O/c1-16-13-18(14-17-8-10-20(24)11-9-17)15-21(25-16)22-7-4-12-26(22)23(27)19-5-2-3-6-19/h8-11,13,15,19,22H,2-7,12,14H2,1H3/t22-/m1/s1. The minimum absolute atomic E-state index is 0.102. The van der Waals surface area contributed by atoms with Crippen LogP contribution in [0.1, 0.15) is 67.1 Å². The average Bonchev–Trinajstić information content (AvgIpc) is 3.34. The third kappa shape index (κ3) is 4.05. The summed E-state index contributed by atoms with van der Waals surface area (Å²) in [5.41, 5.74) is 4.24. The summed E-state index contributed by atoms with van der Waals surface area (Å²) in [6.07, 6.45) is 7.23. The van der Waals surface area contributed by atoms with Crippen molar-refractivity contribution < 1.29 is 9.18 Å². The first-order chi connectivity index (χ1) is 13.1. The zero-order valence-electron chi connectivity index (χ0n) is 16.0. The predicted octanol–water partition coefficient (Wildman–Crippen LogP) is 4.97. The van der Waals surface area contributed by atoms with Gasteiger partial charge in [0.2, 0.25) is 5.91 Å². The van der Waals surface area contributed by atoms with E-state index in [0.717, 1.165) is 55.6 Å². The van der Waals surface area contributed by atoms with E-state index in [1.54, 1.807) is 0 Å². The summed E-state index contributed by atoms with van der Waals surface area (Å²) in [5, 5.41) is 0. The Morgan fingerprint density at radius 3 is 2.56 bits per heavy atom. The monoisotopic (exact) mass is 366 g/mol. The molecule has 0 unspecified atom stereocenters. The third-order valence-electron chi connectivity index (χ3n) is 5.94. The second-order valence-corrected chi connectivity index (χ2v) is 8.02. The van der Waals surface area contributed by atoms with Gasteiger partial charge in [-0.2, -0.15) is 0 Å². The van der Waals surface area contributed by atoms with Crippen LogP contribution in [0.15, 0.2) is 36.4 Å². The highest BCUT2D eigenvalue weighted by Crippen LogP contribution is 2.36. The molecule has 142 valence electrons. The van der Waals surface area contributed by atoms with E-state index in [-0.39, 0.29) is 17.8 Å². The maximum atomic E-state index is 13.2. The van der Waals surface area contributed by atoms with Gasteiger partial charge in [0.05, 0.1) is 11.7 Å². The van der Waals surface area contributed by atoms with Crippen molar-refractivity contribution in [2.24, 2.45) is 5.92 Å². The predicted molar refractivity (Wildman–Crippen MR) is 104 cm³/mol. The molecule has 0 spiro atoms. The Bertz CT molecular complexity index is 812. The van der Waals surface area contributed by atoms with Crippen LogP contribution in [0.4, 0.5) is 4.39 Å². The Hall–Kier alpha value is -2.23. The number of benzene rings is 1. The molecule has 0 bridgehead atoms. The molecule has 2 heterocycles. The van der Waals surface area contributed by atoms with Crippen molar-refractivity contribution >= 4 is 5.91 Å². The maximum Gasteiger partial charge on any atom is 0.226 e. The maximum absolute atomic E-state index is 13.2. The molecule has 1 aliphatic carbocycles. The number of rotatable bonds is 4. The molecule has 2 aliphatic rings. The highest BCUT2D eigenvalue weighted by molar-refractivity contribution is 5.79. The molecule has 4 rings (SSSR count). The second-order valence-electron chi connectivity index (χ2n) is 8.02. The first kappa shape index (κ1) is 18.1. The first-order valence-corrected chi connectivity index (χ1v) is 10.1. The Labute approximate surface area is 160 Å². The van der Waals surface area contributed by atoms with Gasteiger partial charge in [-0.3, -0.25) is 9.78 Å². The number of aromatic nitrogens is 1. The van der Waals surface area contributed by atoms with E-state index in [2.05, 4.69) is 17.0 Å². The average molecular weight is 366 g/mol. The topological polar surface area (TPSA) is 33.2 Å². The molecule has 3 nitrogen and oxygen atoms in total. The molecule has 2 fully saturated rings. The first-order valence-electron chi connectivity index (χ1n) is 10.1. The number of carbonyl (C=O) groups is 1. The molecule has 1 atom stereocenters. The molecule has 2 aromatic rings. The van der Waals surface area contributed by atoms with Crippen LogP contribution >= 0.6 is 0 Å². The highest BCUT2D eigenvalue weighted by Gasteiger charge is 2.35. The van der Waals surface area contributed by atoms with Crippen LogP contribution in [-0.4, -0.2) is 22.3 Å². The molecule has 0 radical (unpaired) electrons. The Morgan fingerprint density at radius 1 is 1.07 bits per heavy atom. The molecule has 27 heavy (non-hydrogen) atoms. The number of amides is 1. The van der Waals surface area contributed by atoms with Crippen LogP contribution in [-0.2, 0) is 11.2 Å². The molecule has 4 heteroatoms. The van der Waals surface area contributed by atoms with Gasteiger partial charge in [-0.25, -0.2) is 4.39 Å². The third-order valence-corrected chi connectivity index (χ3v) is 5.94. The lowest BCUT2D eigenvalue weighted by Gasteiger charge is -2.27. The number of halogens is 1. The van der Waals surface area contributed by atoms with Crippen LogP contribution in [0.3, 0.4) is 0 Å². The van der Waals surface area contributed by atoms with Gasteiger partial charge in [0.25, 0.3) is 0 Å². The fourth-order valence-corrected chi connectivity index (χ4v) is 4.62. The van der Waals surface area contributed by atoms with E-state index in [0.29, 0.717) is 5.91 Å². The van der Waals surface area contributed by atoms with Gasteiger partial charge in [0, 0.05) is 18.2 Å². The Balaban J connectivity index is 1.56. The lowest BCUT2D eigenvalue weighted by Crippen LogP contribution is -2.35. The van der Waals surface area contributed by atoms with Gasteiger partial charge < -0.3 is 4.90 Å². The van der Waals surface area contributed by atoms with Crippen molar-refractivity contribution in [2.45, 2.75) is 57.9 Å². The number of pyridine rings is 1. The van der Waals surface area contributed by atoms with E-state index in [1.165, 1.54) is 30.5 Å². The summed E-state index contributed by atoms with van der Waals surface area (Å²) >= 11 is 0. The molecule has 1 aromatic heterocycles. The second kappa shape index (κ2) is 7.79. The number of hydrogen-bond donors (Lipinski definition) is 0. The lowest BCUT2D eigenvalue weighted by atomic mass is 10.0. The van der Waals surface area contributed by atoms with Gasteiger partial charge in [0.1, 0.15) is 5.82 Å². The molecular formula is C23H27FN2O. The number of hydrogen-bond acceptors (Lipinski definition) is 2. The minimum atomic E-state index is -0.211. The smallest absolute Gasteiger partial charge is 0.226 e. The van der Waals surface area contributed by atoms with E-state index >= 15 is 0 Å². The number of likely N-dealkylation sites (tertiary alicyclic amines) is 1. The zero-order valence-corrected chi connectivity index (χ0v) is 16.0. The van der Waals surface area contributed by atoms with Crippen molar-refractivity contribution in [2.75, 3.05) is 6.54 Å².